The minimum absolute atomic E-state index is 0.253. The first-order valence-corrected chi connectivity index (χ1v) is 8.00. The third kappa shape index (κ3) is 2.02. The molecular formula is C18H26O. The first-order valence-electron chi connectivity index (χ1n) is 8.00. The molecule has 0 saturated heterocycles. The van der Waals surface area contributed by atoms with E-state index < -0.39 is 0 Å². The molecular weight excluding hydrogens is 232 g/mol. The Bertz CT molecular complexity index is 431. The van der Waals surface area contributed by atoms with Crippen molar-refractivity contribution < 1.29 is 4.79 Å². The third-order valence-corrected chi connectivity index (χ3v) is 5.98. The number of fused-ring (bicyclic) bond motifs is 2. The van der Waals surface area contributed by atoms with Gasteiger partial charge in [0, 0.05) is 17.8 Å². The van der Waals surface area contributed by atoms with Crippen LogP contribution in [0.4, 0.5) is 0 Å². The molecule has 104 valence electrons. The molecule has 0 bridgehead atoms. The molecule has 6 unspecified atom stereocenters. The molecule has 0 aromatic rings. The number of Topliss-reactive ketones (excluding diaryl/α,β-unsaturated/α-hetero) is 1. The molecule has 6 atom stereocenters. The summed E-state index contributed by atoms with van der Waals surface area (Å²) in [6, 6.07) is 0. The quantitative estimate of drug-likeness (QED) is 0.637. The number of hydrogen-bond acceptors (Lipinski definition) is 1. The van der Waals surface area contributed by atoms with Gasteiger partial charge in [0.25, 0.3) is 0 Å². The summed E-state index contributed by atoms with van der Waals surface area (Å²) in [5.41, 5.74) is 1.43. The van der Waals surface area contributed by atoms with Crippen molar-refractivity contribution in [1.82, 2.24) is 0 Å². The lowest BCUT2D eigenvalue weighted by atomic mass is 9.71. The second-order valence-electron chi connectivity index (χ2n) is 6.95. The van der Waals surface area contributed by atoms with Gasteiger partial charge >= 0.3 is 0 Å². The van der Waals surface area contributed by atoms with Crippen LogP contribution in [-0.4, -0.2) is 5.78 Å². The number of carbonyl (C=O) groups is 1. The fourth-order valence-corrected chi connectivity index (χ4v) is 4.98. The van der Waals surface area contributed by atoms with Gasteiger partial charge < -0.3 is 0 Å². The maximum Gasteiger partial charge on any atom is 0.140 e. The number of ketones is 1. The van der Waals surface area contributed by atoms with Crippen LogP contribution in [-0.2, 0) is 4.79 Å². The zero-order valence-corrected chi connectivity index (χ0v) is 12.4. The van der Waals surface area contributed by atoms with Crippen molar-refractivity contribution in [3.05, 3.63) is 23.8 Å². The summed E-state index contributed by atoms with van der Waals surface area (Å²) in [5.74, 6) is 3.56. The molecule has 1 heteroatoms. The molecule has 3 aliphatic carbocycles. The Morgan fingerprint density at radius 3 is 2.84 bits per heavy atom. The molecule has 0 heterocycles. The standard InChI is InChI=1S/C18H26O/c1-4-14-12(3)10-13-9-8-11(2)15-6-5-7-16(15)18(19)17(13)14/h5-6,8,12-17H,4,7,9-10H2,1-3H3/b11-8-. The lowest BCUT2D eigenvalue weighted by Crippen LogP contribution is -2.34. The normalized spacial score (nSPS) is 48.2. The summed E-state index contributed by atoms with van der Waals surface area (Å²) in [5, 5.41) is 0. The van der Waals surface area contributed by atoms with Gasteiger partial charge in [-0.1, -0.05) is 44.1 Å². The van der Waals surface area contributed by atoms with Crippen LogP contribution in [0.5, 0.6) is 0 Å². The van der Waals surface area contributed by atoms with Gasteiger partial charge in [-0.2, -0.15) is 0 Å². The Balaban J connectivity index is 1.96. The van der Waals surface area contributed by atoms with Gasteiger partial charge in [0.05, 0.1) is 0 Å². The molecule has 0 radical (unpaired) electrons. The number of allylic oxidation sites excluding steroid dienone is 4. The Hall–Kier alpha value is -0.850. The van der Waals surface area contributed by atoms with Gasteiger partial charge in [0.2, 0.25) is 0 Å². The molecule has 0 aliphatic heterocycles. The zero-order valence-electron chi connectivity index (χ0n) is 12.4. The van der Waals surface area contributed by atoms with Crippen LogP contribution in [0.1, 0.15) is 46.5 Å². The first kappa shape index (κ1) is 13.1. The highest BCUT2D eigenvalue weighted by Crippen LogP contribution is 2.49. The number of carbonyl (C=O) groups excluding carboxylic acids is 1. The van der Waals surface area contributed by atoms with E-state index in [4.69, 9.17) is 0 Å². The van der Waals surface area contributed by atoms with Crippen molar-refractivity contribution in [3.8, 4) is 0 Å². The van der Waals surface area contributed by atoms with Gasteiger partial charge in [-0.25, -0.2) is 0 Å². The van der Waals surface area contributed by atoms with E-state index in [2.05, 4.69) is 39.0 Å². The Morgan fingerprint density at radius 1 is 1.32 bits per heavy atom. The summed E-state index contributed by atoms with van der Waals surface area (Å²) in [4.78, 5) is 13.1. The van der Waals surface area contributed by atoms with Crippen molar-refractivity contribution in [3.63, 3.8) is 0 Å². The molecule has 1 fully saturated rings. The summed E-state index contributed by atoms with van der Waals surface area (Å²) >= 11 is 0. The van der Waals surface area contributed by atoms with Gasteiger partial charge in [0.15, 0.2) is 0 Å². The van der Waals surface area contributed by atoms with E-state index in [0.717, 1.165) is 18.8 Å². The van der Waals surface area contributed by atoms with E-state index in [9.17, 15) is 4.79 Å². The molecule has 0 amide bonds. The van der Waals surface area contributed by atoms with Crippen molar-refractivity contribution in [2.75, 3.05) is 0 Å². The van der Waals surface area contributed by atoms with E-state index in [1.54, 1.807) is 0 Å². The minimum Gasteiger partial charge on any atom is -0.299 e. The molecule has 0 aromatic heterocycles. The molecule has 1 nitrogen and oxygen atoms in total. The lowest BCUT2D eigenvalue weighted by molar-refractivity contribution is -0.130. The van der Waals surface area contributed by atoms with Gasteiger partial charge in [-0.05, 0) is 43.9 Å². The van der Waals surface area contributed by atoms with Crippen LogP contribution in [0.2, 0.25) is 0 Å². The zero-order chi connectivity index (χ0) is 13.6. The number of hydrogen-bond donors (Lipinski definition) is 0. The Kier molecular flexibility index (Phi) is 3.41. The molecule has 0 aromatic carbocycles. The topological polar surface area (TPSA) is 17.1 Å². The molecule has 0 spiro atoms. The maximum atomic E-state index is 13.1. The van der Waals surface area contributed by atoms with E-state index in [-0.39, 0.29) is 5.92 Å². The highest BCUT2D eigenvalue weighted by Gasteiger charge is 2.47. The average molecular weight is 258 g/mol. The molecule has 0 N–H and O–H groups in total. The predicted molar refractivity (Wildman–Crippen MR) is 78.7 cm³/mol. The summed E-state index contributed by atoms with van der Waals surface area (Å²) in [6.45, 7) is 6.84. The highest BCUT2D eigenvalue weighted by molar-refractivity contribution is 5.86. The van der Waals surface area contributed by atoms with Crippen LogP contribution < -0.4 is 0 Å². The lowest BCUT2D eigenvalue weighted by Gasteiger charge is -2.31. The smallest absolute Gasteiger partial charge is 0.140 e. The van der Waals surface area contributed by atoms with Crippen molar-refractivity contribution in [2.24, 2.45) is 35.5 Å². The van der Waals surface area contributed by atoms with E-state index in [1.807, 2.05) is 0 Å². The summed E-state index contributed by atoms with van der Waals surface area (Å²) in [7, 11) is 0. The van der Waals surface area contributed by atoms with E-state index in [1.165, 1.54) is 18.4 Å². The summed E-state index contributed by atoms with van der Waals surface area (Å²) < 4.78 is 0. The van der Waals surface area contributed by atoms with Gasteiger partial charge in [0.1, 0.15) is 5.78 Å². The van der Waals surface area contributed by atoms with Gasteiger partial charge in [-0.15, -0.1) is 0 Å². The van der Waals surface area contributed by atoms with Crippen LogP contribution in [0.15, 0.2) is 23.8 Å². The van der Waals surface area contributed by atoms with Crippen molar-refractivity contribution in [1.29, 1.82) is 0 Å². The van der Waals surface area contributed by atoms with Crippen LogP contribution in [0, 0.1) is 35.5 Å². The minimum atomic E-state index is 0.253. The summed E-state index contributed by atoms with van der Waals surface area (Å²) in [6.07, 6.45) is 11.5. The highest BCUT2D eigenvalue weighted by atomic mass is 16.1. The SMILES string of the molecule is CCC1C(C)CC2C/C=C(/C)C3C=CCC3C(=O)C21. The first-order chi connectivity index (χ1) is 9.13. The molecule has 1 saturated carbocycles. The van der Waals surface area contributed by atoms with Crippen molar-refractivity contribution >= 4 is 5.78 Å². The Labute approximate surface area is 117 Å². The van der Waals surface area contributed by atoms with Crippen LogP contribution >= 0.6 is 0 Å². The average Bonchev–Trinajstić information content (AvgIpc) is 2.98. The number of rotatable bonds is 1. The Morgan fingerprint density at radius 2 is 2.11 bits per heavy atom. The van der Waals surface area contributed by atoms with Gasteiger partial charge in [-0.3, -0.25) is 4.79 Å². The molecule has 19 heavy (non-hydrogen) atoms. The third-order valence-electron chi connectivity index (χ3n) is 5.98. The monoisotopic (exact) mass is 258 g/mol. The van der Waals surface area contributed by atoms with Crippen molar-refractivity contribution in [2.45, 2.75) is 46.5 Å². The second-order valence-corrected chi connectivity index (χ2v) is 6.95. The molecule has 3 aliphatic rings. The van der Waals surface area contributed by atoms with E-state index >= 15 is 0 Å². The fraction of sp³-hybridized carbons (Fsp3) is 0.722. The predicted octanol–water partition coefficient (Wildman–Crippen LogP) is 4.40. The molecule has 3 rings (SSSR count). The maximum absolute atomic E-state index is 13.1. The largest absolute Gasteiger partial charge is 0.299 e. The second kappa shape index (κ2) is 4.92. The van der Waals surface area contributed by atoms with Crippen LogP contribution in [0.3, 0.4) is 0 Å². The van der Waals surface area contributed by atoms with Crippen LogP contribution in [0.25, 0.3) is 0 Å². The van der Waals surface area contributed by atoms with E-state index in [0.29, 0.717) is 29.5 Å². The fourth-order valence-electron chi connectivity index (χ4n) is 4.98.